The summed E-state index contributed by atoms with van der Waals surface area (Å²) in [7, 11) is 0. The van der Waals surface area contributed by atoms with Crippen molar-refractivity contribution in [3.8, 4) is 28.4 Å². The highest BCUT2D eigenvalue weighted by Gasteiger charge is 2.18. The van der Waals surface area contributed by atoms with Gasteiger partial charge in [0.2, 0.25) is 0 Å². The van der Waals surface area contributed by atoms with E-state index in [4.69, 9.17) is 0 Å². The van der Waals surface area contributed by atoms with Gasteiger partial charge in [-0.2, -0.15) is 10.2 Å². The van der Waals surface area contributed by atoms with Crippen LogP contribution < -0.4 is 5.43 Å². The molecule has 154 valence electrons. The van der Waals surface area contributed by atoms with Crippen LogP contribution in [0, 0.1) is 0 Å². The monoisotopic (exact) mass is 412 g/mol. The molecule has 3 N–H and O–H groups in total. The summed E-state index contributed by atoms with van der Waals surface area (Å²) in [6.45, 7) is 1.65. The van der Waals surface area contributed by atoms with Crippen LogP contribution in [0.15, 0.2) is 90.2 Å². The minimum Gasteiger partial charge on any atom is -0.508 e. The summed E-state index contributed by atoms with van der Waals surface area (Å²) in [4.78, 5) is 13.0. The van der Waals surface area contributed by atoms with Gasteiger partial charge < -0.3 is 10.2 Å². The Morgan fingerprint density at radius 2 is 1.61 bits per heavy atom. The van der Waals surface area contributed by atoms with Gasteiger partial charge in [0.1, 0.15) is 17.2 Å². The fourth-order valence-corrected chi connectivity index (χ4v) is 3.14. The Hall–Kier alpha value is -4.39. The van der Waals surface area contributed by atoms with E-state index in [-0.39, 0.29) is 11.5 Å². The second kappa shape index (κ2) is 8.54. The molecule has 7 nitrogen and oxygen atoms in total. The van der Waals surface area contributed by atoms with Crippen LogP contribution in [0.2, 0.25) is 0 Å². The molecule has 4 aromatic rings. The third-order valence-corrected chi connectivity index (χ3v) is 4.72. The summed E-state index contributed by atoms with van der Waals surface area (Å²) in [5.74, 6) is -0.616. The predicted octanol–water partition coefficient (Wildman–Crippen LogP) is 4.10. The van der Waals surface area contributed by atoms with E-state index < -0.39 is 5.91 Å². The van der Waals surface area contributed by atoms with Crippen molar-refractivity contribution in [3.05, 3.63) is 96.2 Å². The van der Waals surface area contributed by atoms with Crippen molar-refractivity contribution in [2.45, 2.75) is 6.92 Å². The minimum absolute atomic E-state index is 0.0566. The summed E-state index contributed by atoms with van der Waals surface area (Å²) in [5, 5.41) is 28.2. The molecule has 0 saturated heterocycles. The Bertz CT molecular complexity index is 1250. The predicted molar refractivity (Wildman–Crippen MR) is 118 cm³/mol. The lowest BCUT2D eigenvalue weighted by atomic mass is 10.1. The van der Waals surface area contributed by atoms with Gasteiger partial charge in [-0.1, -0.05) is 48.5 Å². The molecule has 0 aliphatic rings. The second-order valence-electron chi connectivity index (χ2n) is 6.88. The molecular weight excluding hydrogens is 392 g/mol. The van der Waals surface area contributed by atoms with Crippen molar-refractivity contribution >= 4 is 11.6 Å². The lowest BCUT2D eigenvalue weighted by Crippen LogP contribution is -2.19. The van der Waals surface area contributed by atoms with Gasteiger partial charge in [-0.15, -0.1) is 0 Å². The van der Waals surface area contributed by atoms with Crippen LogP contribution >= 0.6 is 0 Å². The molecule has 0 saturated carbocycles. The fourth-order valence-electron chi connectivity index (χ4n) is 3.14. The number of carbonyl (C=O) groups excluding carboxylic acids is 1. The molecule has 0 radical (unpaired) electrons. The van der Waals surface area contributed by atoms with Crippen molar-refractivity contribution in [1.82, 2.24) is 15.2 Å². The number of hydrazone groups is 1. The summed E-state index contributed by atoms with van der Waals surface area (Å²) >= 11 is 0. The highest BCUT2D eigenvalue weighted by atomic mass is 16.3. The maximum atomic E-state index is 13.0. The van der Waals surface area contributed by atoms with Crippen LogP contribution in [0.25, 0.3) is 16.9 Å². The van der Waals surface area contributed by atoms with Crippen molar-refractivity contribution in [2.24, 2.45) is 5.10 Å². The topological polar surface area (TPSA) is 99.7 Å². The molecule has 0 aliphatic carbocycles. The number of hydrogen-bond donors (Lipinski definition) is 3. The van der Waals surface area contributed by atoms with E-state index in [1.807, 2.05) is 60.7 Å². The van der Waals surface area contributed by atoms with Gasteiger partial charge in [-0.25, -0.2) is 10.1 Å². The smallest absolute Gasteiger partial charge is 0.275 e. The largest absolute Gasteiger partial charge is 0.508 e. The zero-order valence-corrected chi connectivity index (χ0v) is 16.7. The Morgan fingerprint density at radius 3 is 2.29 bits per heavy atom. The Morgan fingerprint density at radius 1 is 0.935 bits per heavy atom. The van der Waals surface area contributed by atoms with Gasteiger partial charge >= 0.3 is 0 Å². The number of phenols is 2. The van der Waals surface area contributed by atoms with Gasteiger partial charge in [-0.05, 0) is 31.2 Å². The van der Waals surface area contributed by atoms with Crippen LogP contribution in [0.3, 0.4) is 0 Å². The number of carbonyl (C=O) groups is 1. The molecule has 0 unspecified atom stereocenters. The van der Waals surface area contributed by atoms with E-state index in [0.29, 0.717) is 22.5 Å². The lowest BCUT2D eigenvalue weighted by Gasteiger charge is -2.06. The normalized spacial score (nSPS) is 11.3. The number of benzene rings is 3. The first-order chi connectivity index (χ1) is 15.0. The molecular formula is C24H20N4O3. The second-order valence-corrected chi connectivity index (χ2v) is 6.88. The lowest BCUT2D eigenvalue weighted by molar-refractivity contribution is 0.0955. The van der Waals surface area contributed by atoms with Gasteiger partial charge in [0, 0.05) is 23.4 Å². The zero-order chi connectivity index (χ0) is 21.8. The summed E-state index contributed by atoms with van der Waals surface area (Å²) in [5.41, 5.74) is 5.85. The molecule has 1 heterocycles. The highest BCUT2D eigenvalue weighted by molar-refractivity contribution is 6.04. The third kappa shape index (κ3) is 4.30. The number of para-hydroxylation sites is 1. The first-order valence-electron chi connectivity index (χ1n) is 9.60. The number of rotatable bonds is 5. The third-order valence-electron chi connectivity index (χ3n) is 4.72. The molecule has 31 heavy (non-hydrogen) atoms. The molecule has 4 rings (SSSR count). The van der Waals surface area contributed by atoms with Crippen molar-refractivity contribution < 1.29 is 15.0 Å². The first-order valence-corrected chi connectivity index (χ1v) is 9.60. The number of phenolic OH excluding ortho intramolecular Hbond substituents is 2. The van der Waals surface area contributed by atoms with Gasteiger partial charge in [-0.3, -0.25) is 4.79 Å². The maximum Gasteiger partial charge on any atom is 0.275 e. The van der Waals surface area contributed by atoms with E-state index in [0.717, 1.165) is 11.3 Å². The number of hydrogen-bond acceptors (Lipinski definition) is 5. The minimum atomic E-state index is -0.432. The van der Waals surface area contributed by atoms with E-state index >= 15 is 0 Å². The van der Waals surface area contributed by atoms with Gasteiger partial charge in [0.05, 0.1) is 17.0 Å². The summed E-state index contributed by atoms with van der Waals surface area (Å²) < 4.78 is 1.65. The zero-order valence-electron chi connectivity index (χ0n) is 16.7. The van der Waals surface area contributed by atoms with Crippen molar-refractivity contribution in [1.29, 1.82) is 0 Å². The quantitative estimate of drug-likeness (QED) is 0.339. The Labute approximate surface area is 178 Å². The SMILES string of the molecule is C/C(=N\NC(=O)c1cn(-c2ccccc2)nc1-c1ccccc1)c1ccc(O)cc1O. The van der Waals surface area contributed by atoms with Gasteiger partial charge in [0.15, 0.2) is 0 Å². The number of nitrogens with zero attached hydrogens (tertiary/aromatic N) is 3. The van der Waals surface area contributed by atoms with Crippen LogP contribution in [-0.4, -0.2) is 31.6 Å². The van der Waals surface area contributed by atoms with E-state index in [2.05, 4.69) is 15.6 Å². The molecule has 0 spiro atoms. The number of nitrogens with one attached hydrogen (secondary N) is 1. The fraction of sp³-hybridized carbons (Fsp3) is 0.0417. The number of aromatic nitrogens is 2. The van der Waals surface area contributed by atoms with Crippen LogP contribution in [-0.2, 0) is 0 Å². The first kappa shape index (κ1) is 19.9. The van der Waals surface area contributed by atoms with E-state index in [9.17, 15) is 15.0 Å². The highest BCUT2D eigenvalue weighted by Crippen LogP contribution is 2.25. The molecule has 0 atom stereocenters. The summed E-state index contributed by atoms with van der Waals surface area (Å²) in [6, 6.07) is 23.1. The Kier molecular flexibility index (Phi) is 5.49. The Balaban J connectivity index is 1.67. The van der Waals surface area contributed by atoms with Gasteiger partial charge in [0.25, 0.3) is 5.91 Å². The van der Waals surface area contributed by atoms with E-state index in [1.165, 1.54) is 18.2 Å². The number of amides is 1. The summed E-state index contributed by atoms with van der Waals surface area (Å²) in [6.07, 6.45) is 1.66. The molecule has 1 aromatic heterocycles. The van der Waals surface area contributed by atoms with Crippen LogP contribution in [0.4, 0.5) is 0 Å². The molecule has 0 aliphatic heterocycles. The van der Waals surface area contributed by atoms with Crippen LogP contribution in [0.5, 0.6) is 11.5 Å². The molecule has 0 bridgehead atoms. The number of aromatic hydroxyl groups is 2. The average Bonchev–Trinajstić information content (AvgIpc) is 3.24. The maximum absolute atomic E-state index is 13.0. The molecule has 7 heteroatoms. The average molecular weight is 412 g/mol. The van der Waals surface area contributed by atoms with Crippen LogP contribution in [0.1, 0.15) is 22.8 Å². The standard InChI is InChI=1S/C24H20N4O3/c1-16(20-13-12-19(29)14-22(20)30)25-26-24(31)21-15-28(18-10-6-3-7-11-18)27-23(21)17-8-4-2-5-9-17/h2-15,29-30H,1H3,(H,26,31)/b25-16+. The molecule has 1 amide bonds. The molecule has 3 aromatic carbocycles. The molecule has 0 fully saturated rings. The van der Waals surface area contributed by atoms with Crippen molar-refractivity contribution in [2.75, 3.05) is 0 Å². The van der Waals surface area contributed by atoms with Crippen molar-refractivity contribution in [3.63, 3.8) is 0 Å². The van der Waals surface area contributed by atoms with E-state index in [1.54, 1.807) is 17.8 Å².